The minimum Gasteiger partial charge on any atom is -0.479 e. The van der Waals surface area contributed by atoms with Gasteiger partial charge >= 0.3 is 5.97 Å². The Morgan fingerprint density at radius 2 is 1.71 bits per heavy atom. The highest BCUT2D eigenvalue weighted by Crippen LogP contribution is 2.17. The molecule has 0 saturated carbocycles. The fraction of sp³-hybridized carbons (Fsp3) is 0.438. The second-order valence-corrected chi connectivity index (χ2v) is 5.76. The first-order chi connectivity index (χ1) is 11.3. The Hall–Kier alpha value is -2.28. The number of hydrogen-bond donors (Lipinski definition) is 2. The minimum absolute atomic E-state index is 0.0157. The van der Waals surface area contributed by atoms with Gasteiger partial charge in [0.2, 0.25) is 5.91 Å². The summed E-state index contributed by atoms with van der Waals surface area (Å²) >= 11 is 5.75. The summed E-state index contributed by atoms with van der Waals surface area (Å²) in [6, 6.07) is 6.48. The Kier molecular flexibility index (Phi) is 8.05. The highest BCUT2D eigenvalue weighted by atomic mass is 35.5. The van der Waals surface area contributed by atoms with Gasteiger partial charge in [-0.25, -0.2) is 4.79 Å². The van der Waals surface area contributed by atoms with Crippen LogP contribution in [0.2, 0.25) is 5.02 Å². The summed E-state index contributed by atoms with van der Waals surface area (Å²) in [5.74, 6) is -1.12. The summed E-state index contributed by atoms with van der Waals surface area (Å²) in [5.41, 5.74) is 0. The Balaban J connectivity index is 2.30. The van der Waals surface area contributed by atoms with E-state index in [0.29, 0.717) is 10.8 Å². The van der Waals surface area contributed by atoms with E-state index in [-0.39, 0.29) is 18.5 Å². The molecule has 0 aromatic heterocycles. The van der Waals surface area contributed by atoms with E-state index >= 15 is 0 Å². The number of esters is 1. The third-order valence-corrected chi connectivity index (χ3v) is 2.95. The van der Waals surface area contributed by atoms with Crippen LogP contribution in [0.1, 0.15) is 20.8 Å². The topological polar surface area (TPSA) is 93.7 Å². The lowest BCUT2D eigenvalue weighted by Crippen LogP contribution is -2.41. The molecule has 2 N–H and O–H groups in total. The Labute approximate surface area is 145 Å². The Morgan fingerprint density at radius 3 is 2.29 bits per heavy atom. The Morgan fingerprint density at radius 1 is 1.08 bits per heavy atom. The lowest BCUT2D eigenvalue weighted by molar-refractivity contribution is -0.154. The fourth-order valence-corrected chi connectivity index (χ4v) is 1.75. The minimum atomic E-state index is -0.886. The first-order valence-corrected chi connectivity index (χ1v) is 7.80. The third-order valence-electron chi connectivity index (χ3n) is 2.70. The number of carbonyl (C=O) groups is 3. The Bertz CT molecular complexity index is 574. The average molecular weight is 357 g/mol. The van der Waals surface area contributed by atoms with E-state index in [2.05, 4.69) is 10.6 Å². The van der Waals surface area contributed by atoms with Crippen LogP contribution in [-0.2, 0) is 19.1 Å². The molecule has 2 amide bonds. The average Bonchev–Trinajstić information content (AvgIpc) is 2.52. The first-order valence-electron chi connectivity index (χ1n) is 7.43. The van der Waals surface area contributed by atoms with Crippen LogP contribution in [0.5, 0.6) is 5.75 Å². The van der Waals surface area contributed by atoms with E-state index in [1.54, 1.807) is 24.3 Å². The van der Waals surface area contributed by atoms with E-state index in [1.165, 1.54) is 6.92 Å². The van der Waals surface area contributed by atoms with Crippen LogP contribution in [0.4, 0.5) is 0 Å². The van der Waals surface area contributed by atoms with Gasteiger partial charge in [0.25, 0.3) is 5.91 Å². The lowest BCUT2D eigenvalue weighted by atomic mass is 10.3. The van der Waals surface area contributed by atoms with Gasteiger partial charge in [0.05, 0.1) is 6.54 Å². The van der Waals surface area contributed by atoms with Crippen molar-refractivity contribution in [3.8, 4) is 5.75 Å². The van der Waals surface area contributed by atoms with Gasteiger partial charge in [-0.15, -0.1) is 0 Å². The van der Waals surface area contributed by atoms with Crippen molar-refractivity contribution in [3.63, 3.8) is 0 Å². The van der Waals surface area contributed by atoms with Gasteiger partial charge in [-0.1, -0.05) is 11.6 Å². The van der Waals surface area contributed by atoms with E-state index in [4.69, 9.17) is 21.1 Å². The van der Waals surface area contributed by atoms with Crippen LogP contribution in [0.25, 0.3) is 0 Å². The summed E-state index contributed by atoms with van der Waals surface area (Å²) < 4.78 is 10.2. The monoisotopic (exact) mass is 356 g/mol. The molecule has 0 aliphatic carbocycles. The van der Waals surface area contributed by atoms with Crippen LogP contribution < -0.4 is 15.4 Å². The van der Waals surface area contributed by atoms with Gasteiger partial charge < -0.3 is 20.1 Å². The van der Waals surface area contributed by atoms with E-state index in [0.717, 1.165) is 0 Å². The van der Waals surface area contributed by atoms with Crippen molar-refractivity contribution >= 4 is 29.4 Å². The molecule has 0 unspecified atom stereocenters. The quantitative estimate of drug-likeness (QED) is 0.684. The fourth-order valence-electron chi connectivity index (χ4n) is 1.62. The zero-order valence-electron chi connectivity index (χ0n) is 13.8. The van der Waals surface area contributed by atoms with E-state index < -0.39 is 24.6 Å². The van der Waals surface area contributed by atoms with Gasteiger partial charge in [-0.3, -0.25) is 9.59 Å². The molecule has 0 spiro atoms. The standard InChI is InChI=1S/C16H21ClN2O5/c1-10(2)19-14(20)8-18-15(21)9-23-16(22)11(3)24-13-6-4-12(17)5-7-13/h4-7,10-11H,8-9H2,1-3H3,(H,18,21)(H,19,20)/t11-/m0/s1. The maximum atomic E-state index is 11.8. The van der Waals surface area contributed by atoms with Crippen LogP contribution in [0.3, 0.4) is 0 Å². The SMILES string of the molecule is CC(C)NC(=O)CNC(=O)COC(=O)[C@H](C)Oc1ccc(Cl)cc1. The maximum Gasteiger partial charge on any atom is 0.347 e. The second kappa shape index (κ2) is 9.77. The molecular formula is C16H21ClN2O5. The predicted octanol–water partition coefficient (Wildman–Crippen LogP) is 1.29. The van der Waals surface area contributed by atoms with Crippen LogP contribution >= 0.6 is 11.6 Å². The molecule has 1 rings (SSSR count). The zero-order chi connectivity index (χ0) is 18.1. The molecule has 0 fully saturated rings. The summed E-state index contributed by atoms with van der Waals surface area (Å²) in [7, 11) is 0. The summed E-state index contributed by atoms with van der Waals surface area (Å²) in [6.07, 6.45) is -0.886. The summed E-state index contributed by atoms with van der Waals surface area (Å²) in [4.78, 5) is 34.7. The highest BCUT2D eigenvalue weighted by molar-refractivity contribution is 6.30. The molecule has 132 valence electrons. The van der Waals surface area contributed by atoms with E-state index in [9.17, 15) is 14.4 Å². The summed E-state index contributed by atoms with van der Waals surface area (Å²) in [6.45, 7) is 4.46. The number of carbonyl (C=O) groups excluding carboxylic acids is 3. The number of hydrogen-bond acceptors (Lipinski definition) is 5. The van der Waals surface area contributed by atoms with Crippen molar-refractivity contribution in [2.24, 2.45) is 0 Å². The molecule has 0 saturated heterocycles. The normalized spacial score (nSPS) is 11.5. The molecule has 7 nitrogen and oxygen atoms in total. The maximum absolute atomic E-state index is 11.8. The van der Waals surface area contributed by atoms with Gasteiger partial charge in [-0.2, -0.15) is 0 Å². The highest BCUT2D eigenvalue weighted by Gasteiger charge is 2.18. The predicted molar refractivity (Wildman–Crippen MR) is 88.8 cm³/mol. The smallest absolute Gasteiger partial charge is 0.347 e. The number of nitrogens with one attached hydrogen (secondary N) is 2. The van der Waals surface area contributed by atoms with Gasteiger partial charge in [0.1, 0.15) is 5.75 Å². The molecule has 1 aromatic rings. The second-order valence-electron chi connectivity index (χ2n) is 5.32. The molecule has 0 bridgehead atoms. The molecular weight excluding hydrogens is 336 g/mol. The molecule has 8 heteroatoms. The molecule has 24 heavy (non-hydrogen) atoms. The van der Waals surface area contributed by atoms with Crippen molar-refractivity contribution < 1.29 is 23.9 Å². The zero-order valence-corrected chi connectivity index (χ0v) is 14.6. The van der Waals surface area contributed by atoms with Crippen molar-refractivity contribution in [3.05, 3.63) is 29.3 Å². The lowest BCUT2D eigenvalue weighted by Gasteiger charge is -2.14. The number of halogens is 1. The van der Waals surface area contributed by atoms with Crippen LogP contribution in [-0.4, -0.2) is 43.1 Å². The van der Waals surface area contributed by atoms with Crippen molar-refractivity contribution in [2.75, 3.05) is 13.2 Å². The van der Waals surface area contributed by atoms with Crippen LogP contribution in [0, 0.1) is 0 Å². The van der Waals surface area contributed by atoms with Gasteiger partial charge in [0.15, 0.2) is 12.7 Å². The first kappa shape index (κ1) is 19.8. The van der Waals surface area contributed by atoms with Crippen molar-refractivity contribution in [2.45, 2.75) is 32.9 Å². The molecule has 0 heterocycles. The number of rotatable bonds is 8. The van der Waals surface area contributed by atoms with Gasteiger partial charge in [-0.05, 0) is 45.0 Å². The van der Waals surface area contributed by atoms with Gasteiger partial charge in [0, 0.05) is 11.1 Å². The molecule has 0 aliphatic heterocycles. The molecule has 1 aromatic carbocycles. The number of ether oxygens (including phenoxy) is 2. The number of benzene rings is 1. The number of amides is 2. The molecule has 1 atom stereocenters. The largest absolute Gasteiger partial charge is 0.479 e. The molecule has 0 aliphatic rings. The summed E-state index contributed by atoms with van der Waals surface area (Å²) in [5, 5.41) is 5.53. The van der Waals surface area contributed by atoms with Crippen molar-refractivity contribution in [1.82, 2.24) is 10.6 Å². The van der Waals surface area contributed by atoms with E-state index in [1.807, 2.05) is 13.8 Å². The van der Waals surface area contributed by atoms with Crippen LogP contribution in [0.15, 0.2) is 24.3 Å². The van der Waals surface area contributed by atoms with Crippen molar-refractivity contribution in [1.29, 1.82) is 0 Å². The third kappa shape index (κ3) is 7.82. The molecule has 0 radical (unpaired) electrons.